The third-order valence-electron chi connectivity index (χ3n) is 13.2. The highest BCUT2D eigenvalue weighted by atomic mass is 16.5. The van der Waals surface area contributed by atoms with Crippen LogP contribution in [-0.4, -0.2) is 135 Å². The van der Waals surface area contributed by atoms with Gasteiger partial charge in [0, 0.05) is 52.4 Å². The second-order valence-corrected chi connectivity index (χ2v) is 19.2. The number of methoxy groups -OCH3 is 2. The van der Waals surface area contributed by atoms with Crippen LogP contribution in [0, 0.1) is 10.8 Å². The smallest absolute Gasteiger partial charge is 0.319 e. The fourth-order valence-corrected chi connectivity index (χ4v) is 9.17. The Labute approximate surface area is 384 Å². The molecule has 0 radical (unpaired) electrons. The molecule has 0 bridgehead atoms. The maximum Gasteiger partial charge on any atom is 0.319 e. The zero-order valence-electron chi connectivity index (χ0n) is 41.0. The summed E-state index contributed by atoms with van der Waals surface area (Å²) >= 11 is 0. The van der Waals surface area contributed by atoms with Gasteiger partial charge >= 0.3 is 11.9 Å². The van der Waals surface area contributed by atoms with Crippen molar-refractivity contribution in [2.45, 2.75) is 94.2 Å². The summed E-state index contributed by atoms with van der Waals surface area (Å²) in [7, 11) is 2.83. The Kier molecular flexibility index (Phi) is 19.4. The summed E-state index contributed by atoms with van der Waals surface area (Å²) < 4.78 is 9.65. The van der Waals surface area contributed by atoms with E-state index in [1.807, 2.05) is 26.0 Å². The minimum atomic E-state index is -0.223. The molecule has 0 aromatic heterocycles. The van der Waals surface area contributed by atoms with Crippen molar-refractivity contribution in [3.8, 4) is 0 Å². The van der Waals surface area contributed by atoms with E-state index >= 15 is 0 Å². The van der Waals surface area contributed by atoms with Crippen molar-refractivity contribution < 1.29 is 28.7 Å². The Morgan fingerprint density at radius 1 is 0.531 bits per heavy atom. The predicted octanol–water partition coefficient (Wildman–Crippen LogP) is 8.50. The monoisotopic (exact) mass is 877 g/mol. The molecule has 64 heavy (non-hydrogen) atoms. The molecular formula is C54H76N4O6. The number of ketones is 2. The van der Waals surface area contributed by atoms with E-state index < -0.39 is 0 Å². The molecule has 2 aliphatic carbocycles. The maximum absolute atomic E-state index is 13.6. The van der Waals surface area contributed by atoms with Crippen molar-refractivity contribution in [1.29, 1.82) is 0 Å². The number of carbonyl (C=O) groups excluding carboxylic acids is 4. The Morgan fingerprint density at radius 2 is 0.844 bits per heavy atom. The first-order chi connectivity index (χ1) is 30.3. The second-order valence-electron chi connectivity index (χ2n) is 19.2. The average molecular weight is 877 g/mol. The molecule has 4 aliphatic rings. The predicted molar refractivity (Wildman–Crippen MR) is 261 cm³/mol. The van der Waals surface area contributed by atoms with Crippen LogP contribution >= 0.6 is 0 Å². The minimum absolute atomic E-state index is 0.137. The summed E-state index contributed by atoms with van der Waals surface area (Å²) in [6.45, 7) is 27.8. The van der Waals surface area contributed by atoms with Gasteiger partial charge in [0.2, 0.25) is 0 Å². The van der Waals surface area contributed by atoms with E-state index in [2.05, 4.69) is 148 Å². The fraction of sp³-hybridized carbons (Fsp3) is 0.519. The highest BCUT2D eigenvalue weighted by Crippen LogP contribution is 2.43. The van der Waals surface area contributed by atoms with Crippen molar-refractivity contribution in [2.24, 2.45) is 10.8 Å². The summed E-state index contributed by atoms with van der Waals surface area (Å²) in [5.74, 6) is -0.0360. The van der Waals surface area contributed by atoms with Gasteiger partial charge < -0.3 is 9.47 Å². The van der Waals surface area contributed by atoms with E-state index in [0.29, 0.717) is 13.1 Å². The lowest BCUT2D eigenvalue weighted by molar-refractivity contribution is -0.143. The summed E-state index contributed by atoms with van der Waals surface area (Å²) in [6, 6.07) is -0.275. The normalized spacial score (nSPS) is 24.5. The van der Waals surface area contributed by atoms with Gasteiger partial charge in [-0.25, -0.2) is 0 Å². The number of ether oxygens (including phenoxy) is 2. The van der Waals surface area contributed by atoms with Gasteiger partial charge in [0.25, 0.3) is 0 Å². The highest BCUT2D eigenvalue weighted by Gasteiger charge is 2.42. The van der Waals surface area contributed by atoms with Gasteiger partial charge in [-0.2, -0.15) is 0 Å². The molecule has 10 nitrogen and oxygen atoms in total. The van der Waals surface area contributed by atoms with Gasteiger partial charge in [-0.15, -0.1) is 0 Å². The van der Waals surface area contributed by atoms with Crippen LogP contribution in [0.25, 0.3) is 0 Å². The fourth-order valence-electron chi connectivity index (χ4n) is 9.17. The Balaban J connectivity index is 1.26. The third-order valence-corrected chi connectivity index (χ3v) is 13.2. The van der Waals surface area contributed by atoms with Crippen molar-refractivity contribution in [2.75, 3.05) is 79.7 Å². The highest BCUT2D eigenvalue weighted by molar-refractivity contribution is 6.02. The first-order valence-electron chi connectivity index (χ1n) is 22.9. The number of hydrogen-bond acceptors (Lipinski definition) is 10. The second kappa shape index (κ2) is 24.0. The van der Waals surface area contributed by atoms with E-state index in [-0.39, 0.29) is 46.4 Å². The van der Waals surface area contributed by atoms with Crippen LogP contribution in [0.5, 0.6) is 0 Å². The molecule has 348 valence electrons. The van der Waals surface area contributed by atoms with E-state index in [4.69, 9.17) is 9.47 Å². The molecule has 0 aromatic rings. The lowest BCUT2D eigenvalue weighted by Crippen LogP contribution is -2.55. The summed E-state index contributed by atoms with van der Waals surface area (Å²) in [4.78, 5) is 59.4. The molecule has 0 saturated carbocycles. The van der Waals surface area contributed by atoms with Crippen molar-refractivity contribution >= 4 is 23.5 Å². The Hall–Kier alpha value is -4.74. The summed E-state index contributed by atoms with van der Waals surface area (Å²) in [5, 5.41) is 0. The molecule has 2 atom stereocenters. The lowest BCUT2D eigenvalue weighted by atomic mass is 9.69. The van der Waals surface area contributed by atoms with Gasteiger partial charge in [0.15, 0.2) is 11.6 Å². The standard InChI is InChI=1S/C54H76N4O6/c1-39(19-15-21-41(3)23-25-45-43(5)51(61)47(35-53(45,7)8)57-31-27-55(28-32-57)37-49(59)63-11)17-13-14-18-40(2)20-16-22-42(4)24-26-46-44(6)52(62)48(36-54(46,9)10)58-33-29-56(30-34-58)38-50(60)64-12/h13-26,47-48H,27-38H2,1-12H3/b14-13+,19-15+,20-16+,25-23+,26-24+,39-17+,40-18+,41-21+,42-22+. The SMILES string of the molecule is COC(=O)CN1CCN(C2CC(C)(C)C(/C=C/C(C)=C/C=C/C(C)=C/C=C/C=C(C)/C=C/C=C(C)/C=C/C3=C(C)C(=O)C(N4CCN(CC(=O)OC)CC4)CC3(C)C)=C(C)C2=O)CC1. The van der Waals surface area contributed by atoms with Crippen LogP contribution in [0.15, 0.2) is 130 Å². The number of rotatable bonds is 16. The molecule has 2 saturated heterocycles. The molecule has 0 aromatic carbocycles. The summed E-state index contributed by atoms with van der Waals surface area (Å²) in [5.41, 5.74) is 8.05. The Bertz CT molecular complexity index is 1920. The molecule has 4 rings (SSSR count). The zero-order chi connectivity index (χ0) is 47.2. The molecule has 2 heterocycles. The van der Waals surface area contributed by atoms with Gasteiger partial charge in [0.05, 0.1) is 39.4 Å². The topological polar surface area (TPSA) is 99.7 Å². The zero-order valence-corrected chi connectivity index (χ0v) is 41.0. The number of hydrogen-bond donors (Lipinski definition) is 0. The van der Waals surface area contributed by atoms with Crippen molar-refractivity contribution in [1.82, 2.24) is 19.6 Å². The van der Waals surface area contributed by atoms with E-state index in [0.717, 1.165) is 110 Å². The van der Waals surface area contributed by atoms with E-state index in [1.165, 1.54) is 14.2 Å². The molecule has 2 aliphatic heterocycles. The molecule has 2 unspecified atom stereocenters. The van der Waals surface area contributed by atoms with Gasteiger partial charge in [-0.05, 0) is 87.5 Å². The number of carbonyl (C=O) groups is 4. The molecular weight excluding hydrogens is 801 g/mol. The molecule has 0 amide bonds. The number of nitrogens with zero attached hydrogens (tertiary/aromatic N) is 4. The van der Waals surface area contributed by atoms with Gasteiger partial charge in [-0.1, -0.05) is 135 Å². The first kappa shape index (κ1) is 51.9. The van der Waals surface area contributed by atoms with Crippen LogP contribution in [-0.2, 0) is 28.7 Å². The van der Waals surface area contributed by atoms with Gasteiger partial charge in [0.1, 0.15) is 0 Å². The van der Waals surface area contributed by atoms with Crippen LogP contribution in [0.3, 0.4) is 0 Å². The maximum atomic E-state index is 13.6. The summed E-state index contributed by atoms with van der Waals surface area (Å²) in [6.07, 6.45) is 30.7. The third kappa shape index (κ3) is 14.9. The van der Waals surface area contributed by atoms with Crippen LogP contribution in [0.4, 0.5) is 0 Å². The number of allylic oxidation sites excluding steroid dienone is 20. The van der Waals surface area contributed by atoms with Crippen molar-refractivity contribution in [3.05, 3.63) is 130 Å². The molecule has 2 fully saturated rings. The van der Waals surface area contributed by atoms with E-state index in [1.54, 1.807) is 0 Å². The Morgan fingerprint density at radius 3 is 1.17 bits per heavy atom. The average Bonchev–Trinajstić information content (AvgIpc) is 3.25. The van der Waals surface area contributed by atoms with Crippen molar-refractivity contribution in [3.63, 3.8) is 0 Å². The number of esters is 2. The van der Waals surface area contributed by atoms with Crippen LogP contribution in [0.2, 0.25) is 0 Å². The molecule has 0 N–H and O–H groups in total. The lowest BCUT2D eigenvalue weighted by Gasteiger charge is -2.44. The minimum Gasteiger partial charge on any atom is -0.468 e. The van der Waals surface area contributed by atoms with E-state index in [9.17, 15) is 19.2 Å². The molecule has 0 spiro atoms. The van der Waals surface area contributed by atoms with Crippen LogP contribution in [0.1, 0.15) is 82.1 Å². The largest absolute Gasteiger partial charge is 0.468 e. The molecule has 10 heteroatoms. The van der Waals surface area contributed by atoms with Crippen LogP contribution < -0.4 is 0 Å². The number of piperazine rings is 2. The van der Waals surface area contributed by atoms with Gasteiger partial charge in [-0.3, -0.25) is 38.8 Å². The first-order valence-corrected chi connectivity index (χ1v) is 22.9. The quantitative estimate of drug-likeness (QED) is 0.111. The number of Topliss-reactive ketones (excluding diaryl/α,β-unsaturated/α-hetero) is 2.